The first-order valence-corrected chi connectivity index (χ1v) is 11.1. The summed E-state index contributed by atoms with van der Waals surface area (Å²) in [6.07, 6.45) is 4.38. The van der Waals surface area contributed by atoms with Crippen molar-refractivity contribution < 1.29 is 13.6 Å². The number of hydrogen-bond donors (Lipinski definition) is 0. The van der Waals surface area contributed by atoms with Crippen molar-refractivity contribution in [3.63, 3.8) is 0 Å². The summed E-state index contributed by atoms with van der Waals surface area (Å²) in [5.74, 6) is -1.20. The first kappa shape index (κ1) is 22.4. The van der Waals surface area contributed by atoms with Crippen molar-refractivity contribution in [1.82, 2.24) is 14.9 Å². The van der Waals surface area contributed by atoms with E-state index in [0.29, 0.717) is 36.0 Å². The number of halogens is 2. The molecule has 3 heterocycles. The Morgan fingerprint density at radius 2 is 2.03 bits per heavy atom. The van der Waals surface area contributed by atoms with Gasteiger partial charge in [-0.3, -0.25) is 14.8 Å². The van der Waals surface area contributed by atoms with Gasteiger partial charge in [0.05, 0.1) is 0 Å². The van der Waals surface area contributed by atoms with E-state index in [4.69, 9.17) is 6.57 Å². The Bertz CT molecular complexity index is 1510. The molecule has 4 aromatic rings. The van der Waals surface area contributed by atoms with Crippen molar-refractivity contribution in [3.8, 4) is 11.3 Å². The zero-order chi connectivity index (χ0) is 24.5. The van der Waals surface area contributed by atoms with Crippen molar-refractivity contribution in [2.45, 2.75) is 6.04 Å². The van der Waals surface area contributed by atoms with Crippen molar-refractivity contribution >= 4 is 33.3 Å². The van der Waals surface area contributed by atoms with E-state index in [1.807, 2.05) is 11.0 Å². The molecule has 35 heavy (non-hydrogen) atoms. The monoisotopic (exact) mass is 469 g/mol. The molecule has 1 atom stereocenters. The molecule has 8 heteroatoms. The van der Waals surface area contributed by atoms with Crippen LogP contribution in [0, 0.1) is 18.2 Å². The second-order valence-corrected chi connectivity index (χ2v) is 8.36. The van der Waals surface area contributed by atoms with Crippen molar-refractivity contribution in [3.05, 3.63) is 90.6 Å². The molecule has 0 spiro atoms. The van der Waals surface area contributed by atoms with Crippen LogP contribution in [0.5, 0.6) is 0 Å². The second kappa shape index (κ2) is 9.11. The number of fused-ring (bicyclic) bond motifs is 2. The molecule has 0 saturated carbocycles. The molecule has 174 valence electrons. The maximum Gasteiger partial charge on any atom is 0.246 e. The highest BCUT2D eigenvalue weighted by molar-refractivity contribution is 5.99. The lowest BCUT2D eigenvalue weighted by atomic mass is 10.0. The molecule has 0 bridgehead atoms. The fraction of sp³-hybridized carbons (Fsp3) is 0.185. The Kier molecular flexibility index (Phi) is 5.83. The van der Waals surface area contributed by atoms with Gasteiger partial charge in [0.15, 0.2) is 5.82 Å². The van der Waals surface area contributed by atoms with E-state index in [9.17, 15) is 9.18 Å². The molecule has 1 saturated heterocycles. The number of anilines is 1. The summed E-state index contributed by atoms with van der Waals surface area (Å²) in [6, 6.07) is 11.2. The number of aromatic nitrogens is 2. The minimum atomic E-state index is -0.584. The number of benzene rings is 2. The standard InChI is InChI=1S/C27H21F2N5O/c1-3-24(35)34-12-11-33(16-19(34)14-30-2)23-9-10-31-27-22(23)15-32-26(25(27)29)20-6-4-5-17-7-8-18(28)13-21(17)20/h3-10,13,15,19H,1,11-12,14,16H2/t19-/m0/s1. The van der Waals surface area contributed by atoms with Crippen LogP contribution in [-0.4, -0.2) is 53.0 Å². The Hall–Kier alpha value is -4.38. The van der Waals surface area contributed by atoms with Crippen LogP contribution >= 0.6 is 0 Å². The van der Waals surface area contributed by atoms with E-state index in [2.05, 4.69) is 21.4 Å². The minimum Gasteiger partial charge on any atom is -0.367 e. The molecule has 1 aliphatic rings. The number of carbonyl (C=O) groups excluding carboxylic acids is 1. The van der Waals surface area contributed by atoms with Gasteiger partial charge in [-0.15, -0.1) is 0 Å². The van der Waals surface area contributed by atoms with Crippen LogP contribution in [-0.2, 0) is 4.79 Å². The highest BCUT2D eigenvalue weighted by Gasteiger charge is 2.32. The van der Waals surface area contributed by atoms with Gasteiger partial charge in [-0.2, -0.15) is 0 Å². The maximum absolute atomic E-state index is 15.8. The van der Waals surface area contributed by atoms with Crippen LogP contribution in [0.4, 0.5) is 14.5 Å². The van der Waals surface area contributed by atoms with Gasteiger partial charge in [-0.1, -0.05) is 30.8 Å². The lowest BCUT2D eigenvalue weighted by Gasteiger charge is -2.40. The van der Waals surface area contributed by atoms with Gasteiger partial charge in [-0.05, 0) is 35.0 Å². The summed E-state index contributed by atoms with van der Waals surface area (Å²) in [7, 11) is 0. The second-order valence-electron chi connectivity index (χ2n) is 8.36. The van der Waals surface area contributed by atoms with E-state index < -0.39 is 11.6 Å². The smallest absolute Gasteiger partial charge is 0.246 e. The van der Waals surface area contributed by atoms with E-state index >= 15 is 4.39 Å². The number of carbonyl (C=O) groups is 1. The van der Waals surface area contributed by atoms with Crippen molar-refractivity contribution in [1.29, 1.82) is 0 Å². The molecule has 0 radical (unpaired) electrons. The van der Waals surface area contributed by atoms with Crippen LogP contribution in [0.1, 0.15) is 0 Å². The van der Waals surface area contributed by atoms with Crippen LogP contribution in [0.3, 0.4) is 0 Å². The van der Waals surface area contributed by atoms with Gasteiger partial charge < -0.3 is 14.6 Å². The first-order valence-electron chi connectivity index (χ1n) is 11.1. The fourth-order valence-corrected chi connectivity index (χ4v) is 4.72. The van der Waals surface area contributed by atoms with Gasteiger partial charge in [0.25, 0.3) is 0 Å². The first-order chi connectivity index (χ1) is 17.0. The predicted molar refractivity (Wildman–Crippen MR) is 132 cm³/mol. The molecule has 5 rings (SSSR count). The molecular weight excluding hydrogens is 448 g/mol. The van der Waals surface area contributed by atoms with Crippen LogP contribution in [0.2, 0.25) is 0 Å². The largest absolute Gasteiger partial charge is 0.367 e. The molecule has 2 aromatic carbocycles. The third-order valence-corrected chi connectivity index (χ3v) is 6.39. The molecule has 1 fully saturated rings. The molecule has 1 aliphatic heterocycles. The fourth-order valence-electron chi connectivity index (χ4n) is 4.72. The molecule has 1 amide bonds. The average molecular weight is 469 g/mol. The number of rotatable bonds is 4. The Morgan fingerprint density at radius 1 is 1.17 bits per heavy atom. The van der Waals surface area contributed by atoms with Crippen LogP contribution in [0.25, 0.3) is 37.8 Å². The SMILES string of the molecule is [C-]#[N+]C[C@H]1CN(c2ccnc3c(F)c(-c4cccc5ccc(F)cc45)ncc23)CCN1C(=O)C=C. The highest BCUT2D eigenvalue weighted by atomic mass is 19.1. The summed E-state index contributed by atoms with van der Waals surface area (Å²) in [4.78, 5) is 28.1. The Balaban J connectivity index is 1.57. The highest BCUT2D eigenvalue weighted by Crippen LogP contribution is 2.35. The summed E-state index contributed by atoms with van der Waals surface area (Å²) in [5.41, 5.74) is 1.48. The molecule has 0 aliphatic carbocycles. The molecule has 2 aromatic heterocycles. The summed E-state index contributed by atoms with van der Waals surface area (Å²) >= 11 is 0. The lowest BCUT2D eigenvalue weighted by Crippen LogP contribution is -2.56. The number of pyridine rings is 2. The Morgan fingerprint density at radius 3 is 2.83 bits per heavy atom. The quantitative estimate of drug-likeness (QED) is 0.317. The summed E-state index contributed by atoms with van der Waals surface area (Å²) < 4.78 is 29.8. The molecule has 6 nitrogen and oxygen atoms in total. The predicted octanol–water partition coefficient (Wildman–Crippen LogP) is 4.85. The minimum absolute atomic E-state index is 0.102. The van der Waals surface area contributed by atoms with Crippen molar-refractivity contribution in [2.24, 2.45) is 0 Å². The topological polar surface area (TPSA) is 53.7 Å². The van der Waals surface area contributed by atoms with Gasteiger partial charge >= 0.3 is 0 Å². The summed E-state index contributed by atoms with van der Waals surface area (Å²) in [5, 5.41) is 1.88. The summed E-state index contributed by atoms with van der Waals surface area (Å²) in [6.45, 7) is 12.4. The number of nitrogens with zero attached hydrogens (tertiary/aromatic N) is 5. The van der Waals surface area contributed by atoms with E-state index in [-0.39, 0.29) is 29.7 Å². The van der Waals surface area contributed by atoms with Crippen molar-refractivity contribution in [2.75, 3.05) is 31.1 Å². The van der Waals surface area contributed by atoms with Crippen LogP contribution < -0.4 is 4.90 Å². The van der Waals surface area contributed by atoms with Gasteiger partial charge in [0.2, 0.25) is 12.5 Å². The lowest BCUT2D eigenvalue weighted by molar-refractivity contribution is -0.128. The molecular formula is C27H21F2N5O. The van der Waals surface area contributed by atoms with Gasteiger partial charge in [-0.25, -0.2) is 15.4 Å². The zero-order valence-electron chi connectivity index (χ0n) is 18.8. The van der Waals surface area contributed by atoms with E-state index in [0.717, 1.165) is 11.1 Å². The normalized spacial score (nSPS) is 15.9. The Labute approximate surface area is 200 Å². The maximum atomic E-state index is 15.8. The number of piperazine rings is 1. The number of hydrogen-bond acceptors (Lipinski definition) is 4. The van der Waals surface area contributed by atoms with Gasteiger partial charge in [0.1, 0.15) is 23.1 Å². The third-order valence-electron chi connectivity index (χ3n) is 6.39. The number of amides is 1. The van der Waals surface area contributed by atoms with Gasteiger partial charge in [0, 0.05) is 48.7 Å². The average Bonchev–Trinajstić information content (AvgIpc) is 2.88. The molecule has 0 unspecified atom stereocenters. The van der Waals surface area contributed by atoms with E-state index in [1.54, 1.807) is 41.6 Å². The van der Waals surface area contributed by atoms with Crippen LogP contribution in [0.15, 0.2) is 67.5 Å². The van der Waals surface area contributed by atoms with E-state index in [1.165, 1.54) is 18.2 Å². The zero-order valence-corrected chi connectivity index (χ0v) is 18.8. The third kappa shape index (κ3) is 3.95. The molecule has 0 N–H and O–H groups in total.